The molecule has 2 aromatic carbocycles. The fourth-order valence-electron chi connectivity index (χ4n) is 3.10. The van der Waals surface area contributed by atoms with E-state index in [-0.39, 0.29) is 12.1 Å². The number of nitrogens with zero attached hydrogens (tertiary/aromatic N) is 1. The zero-order valence-electron chi connectivity index (χ0n) is 15.4. The minimum Gasteiger partial charge on any atom is -0.385 e. The molecule has 0 spiro atoms. The van der Waals surface area contributed by atoms with Crippen LogP contribution in [0.5, 0.6) is 0 Å². The van der Waals surface area contributed by atoms with Gasteiger partial charge in [-0.2, -0.15) is 0 Å². The first-order valence-corrected chi connectivity index (χ1v) is 8.99. The molecular weight excluding hydrogens is 328 g/mol. The topological polar surface area (TPSA) is 50.8 Å². The molecule has 0 aliphatic carbocycles. The van der Waals surface area contributed by atoms with Crippen molar-refractivity contribution in [3.8, 4) is 11.1 Å². The molecule has 5 nitrogen and oxygen atoms in total. The largest absolute Gasteiger partial charge is 0.385 e. The van der Waals surface area contributed by atoms with Crippen LogP contribution in [0.2, 0.25) is 0 Å². The van der Waals surface area contributed by atoms with Crippen LogP contribution in [0.1, 0.15) is 12.0 Å². The van der Waals surface area contributed by atoms with Crippen molar-refractivity contribution in [1.29, 1.82) is 0 Å². The predicted molar refractivity (Wildman–Crippen MR) is 103 cm³/mol. The molecule has 1 fully saturated rings. The van der Waals surface area contributed by atoms with Gasteiger partial charge in [-0.05, 0) is 36.6 Å². The quantitative estimate of drug-likeness (QED) is 0.885. The summed E-state index contributed by atoms with van der Waals surface area (Å²) < 4.78 is 10.8. The Morgan fingerprint density at radius 2 is 2.04 bits per heavy atom. The Hall–Kier alpha value is -2.37. The number of aryl methyl sites for hydroxylation is 1. The van der Waals surface area contributed by atoms with Gasteiger partial charge in [-0.1, -0.05) is 42.0 Å². The van der Waals surface area contributed by atoms with Crippen molar-refractivity contribution in [3.05, 3.63) is 54.1 Å². The predicted octanol–water partition coefficient (Wildman–Crippen LogP) is 3.93. The number of benzene rings is 2. The summed E-state index contributed by atoms with van der Waals surface area (Å²) in [6, 6.07) is 16.3. The number of nitrogens with one attached hydrogen (secondary N) is 1. The van der Waals surface area contributed by atoms with Crippen molar-refractivity contribution in [2.24, 2.45) is 0 Å². The number of amides is 2. The molecule has 5 heteroatoms. The highest BCUT2D eigenvalue weighted by Gasteiger charge is 2.24. The number of anilines is 1. The Morgan fingerprint density at radius 3 is 2.77 bits per heavy atom. The number of carbonyl (C=O) groups is 1. The molecule has 1 heterocycles. The Labute approximate surface area is 154 Å². The first-order chi connectivity index (χ1) is 12.7. The van der Waals surface area contributed by atoms with Crippen molar-refractivity contribution in [2.45, 2.75) is 19.4 Å². The van der Waals surface area contributed by atoms with Crippen LogP contribution in [0.15, 0.2) is 48.5 Å². The zero-order chi connectivity index (χ0) is 18.4. The second-order valence-corrected chi connectivity index (χ2v) is 6.60. The normalized spacial score (nSPS) is 17.2. The van der Waals surface area contributed by atoms with E-state index in [0.717, 1.165) is 17.7 Å². The molecule has 3 rings (SSSR count). The molecule has 2 amide bonds. The molecule has 2 aromatic rings. The van der Waals surface area contributed by atoms with Gasteiger partial charge in [0.25, 0.3) is 0 Å². The number of ether oxygens (including phenoxy) is 2. The van der Waals surface area contributed by atoms with Gasteiger partial charge in [-0.15, -0.1) is 0 Å². The van der Waals surface area contributed by atoms with Gasteiger partial charge in [0, 0.05) is 32.5 Å². The molecule has 1 aliphatic heterocycles. The summed E-state index contributed by atoms with van der Waals surface area (Å²) >= 11 is 0. The van der Waals surface area contributed by atoms with E-state index in [0.29, 0.717) is 26.3 Å². The lowest BCUT2D eigenvalue weighted by Crippen LogP contribution is -2.47. The molecule has 1 atom stereocenters. The molecule has 1 N–H and O–H groups in total. The number of rotatable bonds is 5. The number of urea groups is 1. The van der Waals surface area contributed by atoms with Crippen LogP contribution < -0.4 is 5.32 Å². The van der Waals surface area contributed by atoms with Crippen molar-refractivity contribution in [1.82, 2.24) is 4.90 Å². The molecule has 0 aromatic heterocycles. The van der Waals surface area contributed by atoms with Crippen molar-refractivity contribution >= 4 is 11.7 Å². The minimum absolute atomic E-state index is 0.0400. The van der Waals surface area contributed by atoms with Gasteiger partial charge in [0.1, 0.15) is 0 Å². The second-order valence-electron chi connectivity index (χ2n) is 6.60. The highest BCUT2D eigenvalue weighted by atomic mass is 16.5. The molecular formula is C21H26N2O3. The van der Waals surface area contributed by atoms with Crippen LogP contribution in [0.3, 0.4) is 0 Å². The van der Waals surface area contributed by atoms with E-state index in [4.69, 9.17) is 9.47 Å². The number of morpholine rings is 1. The lowest BCUT2D eigenvalue weighted by Gasteiger charge is -2.32. The standard InChI is InChI=1S/C21H26N2O3/c1-16-4-3-5-18(14-16)17-6-8-19(9-7-17)22-21(24)23-11-13-26-20(15-23)10-12-25-2/h3-9,14,20H,10-13,15H2,1-2H3,(H,22,24)/t20-/m1/s1. The molecule has 1 saturated heterocycles. The van der Waals surface area contributed by atoms with Crippen LogP contribution in [0.4, 0.5) is 10.5 Å². The number of hydrogen-bond donors (Lipinski definition) is 1. The summed E-state index contributed by atoms with van der Waals surface area (Å²) in [5.41, 5.74) is 4.34. The van der Waals surface area contributed by atoms with E-state index < -0.39 is 0 Å². The molecule has 1 aliphatic rings. The Morgan fingerprint density at radius 1 is 1.23 bits per heavy atom. The lowest BCUT2D eigenvalue weighted by molar-refractivity contribution is -0.0260. The maximum Gasteiger partial charge on any atom is 0.322 e. The van der Waals surface area contributed by atoms with Gasteiger partial charge in [0.2, 0.25) is 0 Å². The van der Waals surface area contributed by atoms with Crippen LogP contribution in [0, 0.1) is 6.92 Å². The summed E-state index contributed by atoms with van der Waals surface area (Å²) in [6.07, 6.45) is 0.837. The highest BCUT2D eigenvalue weighted by Crippen LogP contribution is 2.22. The Kier molecular flexibility index (Phi) is 6.26. The first kappa shape index (κ1) is 18.4. The molecule has 0 radical (unpaired) electrons. The SMILES string of the molecule is COCC[C@@H]1CN(C(=O)Nc2ccc(-c3cccc(C)c3)cc2)CCO1. The molecule has 26 heavy (non-hydrogen) atoms. The number of carbonyl (C=O) groups excluding carboxylic acids is 1. The second kappa shape index (κ2) is 8.83. The third-order valence-electron chi connectivity index (χ3n) is 4.56. The summed E-state index contributed by atoms with van der Waals surface area (Å²) in [4.78, 5) is 14.3. The van der Waals surface area contributed by atoms with Gasteiger partial charge in [0.05, 0.1) is 12.7 Å². The summed E-state index contributed by atoms with van der Waals surface area (Å²) in [6.45, 7) is 4.49. The van der Waals surface area contributed by atoms with E-state index in [9.17, 15) is 4.79 Å². The highest BCUT2D eigenvalue weighted by molar-refractivity contribution is 5.89. The number of hydrogen-bond acceptors (Lipinski definition) is 3. The molecule has 0 saturated carbocycles. The minimum atomic E-state index is -0.0842. The average molecular weight is 354 g/mol. The lowest BCUT2D eigenvalue weighted by atomic mass is 10.0. The van der Waals surface area contributed by atoms with Gasteiger partial charge in [-0.3, -0.25) is 0 Å². The van der Waals surface area contributed by atoms with Gasteiger partial charge in [0.15, 0.2) is 0 Å². The molecule has 138 valence electrons. The van der Waals surface area contributed by atoms with Gasteiger partial charge < -0.3 is 19.7 Å². The fraction of sp³-hybridized carbons (Fsp3) is 0.381. The van der Waals surface area contributed by atoms with Gasteiger partial charge in [-0.25, -0.2) is 4.79 Å². The summed E-state index contributed by atoms with van der Waals surface area (Å²) in [5, 5.41) is 2.98. The van der Waals surface area contributed by atoms with Crippen molar-refractivity contribution < 1.29 is 14.3 Å². The molecule has 0 bridgehead atoms. The van der Waals surface area contributed by atoms with Crippen LogP contribution in [-0.2, 0) is 9.47 Å². The summed E-state index contributed by atoms with van der Waals surface area (Å²) in [5.74, 6) is 0. The molecule has 0 unspecified atom stereocenters. The fourth-order valence-corrected chi connectivity index (χ4v) is 3.10. The van der Waals surface area contributed by atoms with Crippen LogP contribution in [-0.4, -0.2) is 50.4 Å². The van der Waals surface area contributed by atoms with E-state index in [1.807, 2.05) is 24.3 Å². The van der Waals surface area contributed by atoms with Crippen molar-refractivity contribution in [2.75, 3.05) is 38.7 Å². The number of methoxy groups -OCH3 is 1. The van der Waals surface area contributed by atoms with Crippen LogP contribution in [0.25, 0.3) is 11.1 Å². The Bertz CT molecular complexity index is 730. The third kappa shape index (κ3) is 4.84. The Balaban J connectivity index is 1.59. The first-order valence-electron chi connectivity index (χ1n) is 8.99. The average Bonchev–Trinajstić information content (AvgIpc) is 2.67. The smallest absolute Gasteiger partial charge is 0.322 e. The van der Waals surface area contributed by atoms with E-state index in [1.165, 1.54) is 11.1 Å². The van der Waals surface area contributed by atoms with E-state index in [1.54, 1.807) is 12.0 Å². The van der Waals surface area contributed by atoms with E-state index >= 15 is 0 Å². The van der Waals surface area contributed by atoms with Crippen molar-refractivity contribution in [3.63, 3.8) is 0 Å². The van der Waals surface area contributed by atoms with Gasteiger partial charge >= 0.3 is 6.03 Å². The maximum atomic E-state index is 12.5. The summed E-state index contributed by atoms with van der Waals surface area (Å²) in [7, 11) is 1.67. The van der Waals surface area contributed by atoms with Crippen LogP contribution >= 0.6 is 0 Å². The monoisotopic (exact) mass is 354 g/mol. The third-order valence-corrected chi connectivity index (χ3v) is 4.56. The zero-order valence-corrected chi connectivity index (χ0v) is 15.4. The van der Waals surface area contributed by atoms with E-state index in [2.05, 4.69) is 36.5 Å². The maximum absolute atomic E-state index is 12.5.